The number of benzene rings is 1. The molecule has 0 bridgehead atoms. The van der Waals surface area contributed by atoms with E-state index in [2.05, 4.69) is 35.1 Å². The predicted molar refractivity (Wildman–Crippen MR) is 125 cm³/mol. The van der Waals surface area contributed by atoms with Crippen molar-refractivity contribution >= 4 is 29.0 Å². The Morgan fingerprint density at radius 2 is 2.07 bits per heavy atom. The first-order valence-electron chi connectivity index (χ1n) is 11.0. The van der Waals surface area contributed by atoms with Crippen LogP contribution in [0.25, 0.3) is 10.9 Å². The molecular weight excluding hydrogens is 396 g/mol. The van der Waals surface area contributed by atoms with Crippen molar-refractivity contribution in [2.24, 2.45) is 0 Å². The lowest BCUT2D eigenvalue weighted by atomic mass is 9.97. The highest BCUT2D eigenvalue weighted by atomic mass is 32.1. The lowest BCUT2D eigenvalue weighted by molar-refractivity contribution is 0.0954. The second-order valence-corrected chi connectivity index (χ2v) is 8.17. The van der Waals surface area contributed by atoms with Crippen molar-refractivity contribution in [1.82, 2.24) is 19.8 Å². The Kier molecular flexibility index (Phi) is 7.99. The zero-order valence-corrected chi connectivity index (χ0v) is 18.8. The Balaban J connectivity index is 1.72. The Morgan fingerprint density at radius 1 is 1.27 bits per heavy atom. The Bertz CT molecular complexity index is 1030. The normalized spacial score (nSPS) is 14.2. The first-order chi connectivity index (χ1) is 14.5. The van der Waals surface area contributed by atoms with E-state index in [4.69, 9.17) is 12.2 Å². The molecular formula is C23H32N4O2S. The summed E-state index contributed by atoms with van der Waals surface area (Å²) in [4.78, 5) is 30.9. The van der Waals surface area contributed by atoms with Crippen LogP contribution < -0.4 is 10.9 Å². The van der Waals surface area contributed by atoms with Gasteiger partial charge in [-0.15, -0.1) is 0 Å². The van der Waals surface area contributed by atoms with Gasteiger partial charge in [0, 0.05) is 25.2 Å². The van der Waals surface area contributed by atoms with Gasteiger partial charge in [0.1, 0.15) is 0 Å². The summed E-state index contributed by atoms with van der Waals surface area (Å²) in [6.45, 7) is 8.02. The SMILES string of the molecule is CCN(CC)CCn1c(=S)[nH]c2cc(C(=O)NCCC3=CCCCC3)ccc2c1=O. The molecule has 1 heterocycles. The van der Waals surface area contributed by atoms with Crippen LogP contribution in [0.5, 0.6) is 0 Å². The molecule has 0 radical (unpaired) electrons. The number of carbonyl (C=O) groups is 1. The fourth-order valence-corrected chi connectivity index (χ4v) is 4.23. The van der Waals surface area contributed by atoms with Crippen molar-refractivity contribution in [2.75, 3.05) is 26.2 Å². The van der Waals surface area contributed by atoms with Gasteiger partial charge >= 0.3 is 0 Å². The fraction of sp³-hybridized carbons (Fsp3) is 0.522. The van der Waals surface area contributed by atoms with E-state index in [0.717, 1.165) is 38.9 Å². The van der Waals surface area contributed by atoms with Crippen LogP contribution in [0.15, 0.2) is 34.6 Å². The summed E-state index contributed by atoms with van der Waals surface area (Å²) in [6, 6.07) is 5.15. The zero-order valence-electron chi connectivity index (χ0n) is 18.0. The van der Waals surface area contributed by atoms with Gasteiger partial charge in [0.2, 0.25) is 0 Å². The zero-order chi connectivity index (χ0) is 21.5. The highest BCUT2D eigenvalue weighted by Crippen LogP contribution is 2.19. The summed E-state index contributed by atoms with van der Waals surface area (Å²) >= 11 is 5.42. The second-order valence-electron chi connectivity index (χ2n) is 7.79. The maximum Gasteiger partial charge on any atom is 0.262 e. The molecule has 0 saturated heterocycles. The number of allylic oxidation sites excluding steroid dienone is 1. The van der Waals surface area contributed by atoms with Crippen LogP contribution in [0.3, 0.4) is 0 Å². The van der Waals surface area contributed by atoms with E-state index < -0.39 is 0 Å². The third-order valence-electron chi connectivity index (χ3n) is 5.90. The number of fused-ring (bicyclic) bond motifs is 1. The summed E-state index contributed by atoms with van der Waals surface area (Å²) in [5.74, 6) is -0.127. The lowest BCUT2D eigenvalue weighted by Crippen LogP contribution is -2.31. The van der Waals surface area contributed by atoms with Crippen molar-refractivity contribution in [1.29, 1.82) is 0 Å². The number of likely N-dealkylation sites (N-methyl/N-ethyl adjacent to an activating group) is 1. The summed E-state index contributed by atoms with van der Waals surface area (Å²) in [6.07, 6.45) is 8.01. The maximum absolute atomic E-state index is 12.9. The number of aromatic amines is 1. The second kappa shape index (κ2) is 10.7. The molecule has 0 saturated carbocycles. The van der Waals surface area contributed by atoms with E-state index in [1.807, 2.05) is 0 Å². The molecule has 6 nitrogen and oxygen atoms in total. The molecule has 7 heteroatoms. The van der Waals surface area contributed by atoms with E-state index in [1.54, 1.807) is 22.8 Å². The third kappa shape index (κ3) is 5.46. The minimum Gasteiger partial charge on any atom is -0.352 e. The van der Waals surface area contributed by atoms with Crippen LogP contribution in [0.4, 0.5) is 0 Å². The van der Waals surface area contributed by atoms with E-state index in [1.165, 1.54) is 18.4 Å². The number of H-pyrrole nitrogens is 1. The molecule has 0 fully saturated rings. The predicted octanol–water partition coefficient (Wildman–Crippen LogP) is 4.02. The molecule has 30 heavy (non-hydrogen) atoms. The fourth-order valence-electron chi connectivity index (χ4n) is 3.95. The number of nitrogens with zero attached hydrogens (tertiary/aromatic N) is 2. The van der Waals surface area contributed by atoms with Crippen LogP contribution in [0.2, 0.25) is 0 Å². The van der Waals surface area contributed by atoms with Gasteiger partial charge in [-0.25, -0.2) is 0 Å². The van der Waals surface area contributed by atoms with Gasteiger partial charge in [0.25, 0.3) is 11.5 Å². The van der Waals surface area contributed by atoms with Crippen LogP contribution in [0, 0.1) is 4.77 Å². The number of amides is 1. The molecule has 1 aromatic carbocycles. The van der Waals surface area contributed by atoms with Gasteiger partial charge in [-0.3, -0.25) is 14.2 Å². The smallest absolute Gasteiger partial charge is 0.262 e. The van der Waals surface area contributed by atoms with E-state index in [9.17, 15) is 9.59 Å². The van der Waals surface area contributed by atoms with E-state index >= 15 is 0 Å². The number of nitrogens with one attached hydrogen (secondary N) is 2. The molecule has 2 N–H and O–H groups in total. The van der Waals surface area contributed by atoms with Crippen LogP contribution in [-0.4, -0.2) is 46.5 Å². The van der Waals surface area contributed by atoms with E-state index in [-0.39, 0.29) is 11.5 Å². The standard InChI is InChI=1S/C23H32N4O2S/c1-3-26(4-2)14-15-27-22(29)19-11-10-18(16-20(19)25-23(27)30)21(28)24-13-12-17-8-6-5-7-9-17/h8,10-11,16H,3-7,9,12-15H2,1-2H3,(H,24,28)(H,25,30). The molecule has 1 aromatic heterocycles. The molecule has 1 aliphatic carbocycles. The Hall–Kier alpha value is -2.25. The molecule has 2 aromatic rings. The largest absolute Gasteiger partial charge is 0.352 e. The van der Waals surface area contributed by atoms with Gasteiger partial charge in [-0.2, -0.15) is 0 Å². The average Bonchev–Trinajstić information content (AvgIpc) is 2.76. The van der Waals surface area contributed by atoms with Gasteiger partial charge in [-0.1, -0.05) is 25.5 Å². The molecule has 1 amide bonds. The first kappa shape index (κ1) is 22.4. The first-order valence-corrected chi connectivity index (χ1v) is 11.4. The van der Waals surface area contributed by atoms with Crippen LogP contribution in [0.1, 0.15) is 56.3 Å². The molecule has 0 spiro atoms. The number of hydrogen-bond donors (Lipinski definition) is 2. The average molecular weight is 429 g/mol. The summed E-state index contributed by atoms with van der Waals surface area (Å²) < 4.78 is 2.00. The highest BCUT2D eigenvalue weighted by molar-refractivity contribution is 7.71. The van der Waals surface area contributed by atoms with Gasteiger partial charge in [0.05, 0.1) is 10.9 Å². The van der Waals surface area contributed by atoms with Crippen molar-refractivity contribution < 1.29 is 4.79 Å². The van der Waals surface area contributed by atoms with Gasteiger partial charge in [0.15, 0.2) is 4.77 Å². The quantitative estimate of drug-likeness (QED) is 0.467. The lowest BCUT2D eigenvalue weighted by Gasteiger charge is -2.18. The minimum atomic E-state index is -0.127. The maximum atomic E-state index is 12.9. The van der Waals surface area contributed by atoms with Crippen molar-refractivity contribution in [3.05, 3.63) is 50.5 Å². The summed E-state index contributed by atoms with van der Waals surface area (Å²) in [7, 11) is 0. The van der Waals surface area contributed by atoms with Crippen LogP contribution >= 0.6 is 12.2 Å². The Morgan fingerprint density at radius 3 is 2.77 bits per heavy atom. The van der Waals surface area contributed by atoms with Crippen molar-refractivity contribution in [3.63, 3.8) is 0 Å². The Labute approximate surface area is 183 Å². The van der Waals surface area contributed by atoms with E-state index in [0.29, 0.717) is 34.3 Å². The summed E-state index contributed by atoms with van der Waals surface area (Å²) in [5, 5.41) is 3.54. The third-order valence-corrected chi connectivity index (χ3v) is 6.22. The minimum absolute atomic E-state index is 0.114. The molecule has 0 atom stereocenters. The van der Waals surface area contributed by atoms with Crippen molar-refractivity contribution in [3.8, 4) is 0 Å². The van der Waals surface area contributed by atoms with Gasteiger partial charge < -0.3 is 15.2 Å². The molecule has 162 valence electrons. The highest BCUT2D eigenvalue weighted by Gasteiger charge is 2.11. The number of carbonyl (C=O) groups excluding carboxylic acids is 1. The number of rotatable bonds is 9. The number of hydrogen-bond acceptors (Lipinski definition) is 4. The molecule has 1 aliphatic rings. The monoisotopic (exact) mass is 428 g/mol. The molecule has 3 rings (SSSR count). The van der Waals surface area contributed by atoms with Gasteiger partial charge in [-0.05, 0) is 75.6 Å². The topological polar surface area (TPSA) is 70.1 Å². The summed E-state index contributed by atoms with van der Waals surface area (Å²) in [5.41, 5.74) is 2.46. The molecule has 0 aliphatic heterocycles. The van der Waals surface area contributed by atoms with Crippen molar-refractivity contribution in [2.45, 2.75) is 52.5 Å². The van der Waals surface area contributed by atoms with Crippen LogP contribution in [-0.2, 0) is 6.54 Å². The number of aromatic nitrogens is 2. The molecule has 0 unspecified atom stereocenters.